The molecule has 0 aliphatic carbocycles. The van der Waals surface area contributed by atoms with E-state index in [4.69, 9.17) is 4.74 Å². The lowest BCUT2D eigenvalue weighted by atomic mass is 10.3. The zero-order chi connectivity index (χ0) is 15.2. The van der Waals surface area contributed by atoms with Gasteiger partial charge in [0.2, 0.25) is 5.56 Å². The van der Waals surface area contributed by atoms with Crippen molar-refractivity contribution in [2.24, 2.45) is 0 Å². The van der Waals surface area contributed by atoms with Gasteiger partial charge in [0, 0.05) is 50.3 Å². The maximum absolute atomic E-state index is 12.3. The van der Waals surface area contributed by atoms with Gasteiger partial charge in [-0.3, -0.25) is 13.9 Å². The minimum Gasteiger partial charge on any atom is -0.769 e. The van der Waals surface area contributed by atoms with E-state index in [9.17, 15) is 18.4 Å². The molecule has 2 rings (SSSR count). The van der Waals surface area contributed by atoms with Gasteiger partial charge in [-0.1, -0.05) is 0 Å². The van der Waals surface area contributed by atoms with E-state index in [0.29, 0.717) is 52.5 Å². The van der Waals surface area contributed by atoms with Crippen LogP contribution in [-0.2, 0) is 25.3 Å². The van der Waals surface area contributed by atoms with Crippen molar-refractivity contribution in [1.29, 1.82) is 0 Å². The average Bonchev–Trinajstić information content (AvgIpc) is 2.53. The second-order valence-corrected chi connectivity index (χ2v) is 5.63. The molecular formula is C11H18N3O6S-. The van der Waals surface area contributed by atoms with Crippen molar-refractivity contribution in [3.8, 4) is 0 Å². The minimum atomic E-state index is -2.53. The first-order chi connectivity index (χ1) is 10.1. The molecule has 1 unspecified atom stereocenters. The normalized spacial score (nSPS) is 23.5. The van der Waals surface area contributed by atoms with Crippen molar-refractivity contribution in [3.05, 3.63) is 0 Å². The first kappa shape index (κ1) is 16.1. The van der Waals surface area contributed by atoms with Gasteiger partial charge in [0.1, 0.15) is 0 Å². The number of rotatable bonds is 4. The van der Waals surface area contributed by atoms with Crippen LogP contribution in [0.3, 0.4) is 0 Å². The van der Waals surface area contributed by atoms with Gasteiger partial charge in [-0.25, -0.2) is 4.79 Å². The van der Waals surface area contributed by atoms with E-state index < -0.39 is 16.6 Å². The van der Waals surface area contributed by atoms with Crippen LogP contribution in [0.2, 0.25) is 0 Å². The number of urea groups is 1. The smallest absolute Gasteiger partial charge is 0.320 e. The summed E-state index contributed by atoms with van der Waals surface area (Å²) in [5.41, 5.74) is -1.29. The molecule has 10 heteroatoms. The second-order valence-electron chi connectivity index (χ2n) is 4.70. The molecule has 0 N–H and O–H groups in total. The van der Waals surface area contributed by atoms with Gasteiger partial charge in [0.05, 0.1) is 13.2 Å². The maximum Gasteiger partial charge on any atom is 0.320 e. The molecule has 21 heavy (non-hydrogen) atoms. The van der Waals surface area contributed by atoms with Gasteiger partial charge in [0.15, 0.2) is 0 Å². The Hall–Kier alpha value is -1.23. The molecule has 2 aliphatic heterocycles. The Bertz CT molecular complexity index is 395. The number of ether oxygens (including phenoxy) is 2. The highest BCUT2D eigenvalue weighted by atomic mass is 32.2. The molecular weight excluding hydrogens is 302 g/mol. The van der Waals surface area contributed by atoms with Crippen molar-refractivity contribution in [2.45, 2.75) is 5.56 Å². The molecule has 0 aromatic carbocycles. The number of morpholine rings is 1. The van der Waals surface area contributed by atoms with Crippen LogP contribution in [0.25, 0.3) is 0 Å². The predicted molar refractivity (Wildman–Crippen MR) is 70.8 cm³/mol. The van der Waals surface area contributed by atoms with E-state index in [0.717, 1.165) is 0 Å². The van der Waals surface area contributed by atoms with Crippen molar-refractivity contribution in [3.63, 3.8) is 0 Å². The monoisotopic (exact) mass is 320 g/mol. The Kier molecular flexibility index (Phi) is 5.91. The fraction of sp³-hybridized carbons (Fsp3) is 0.818. The van der Waals surface area contributed by atoms with E-state index >= 15 is 0 Å². The molecule has 0 spiro atoms. The summed E-state index contributed by atoms with van der Waals surface area (Å²) in [5, 5.41) is 0. The fourth-order valence-electron chi connectivity index (χ4n) is 2.38. The third-order valence-corrected chi connectivity index (χ3v) is 4.24. The summed E-state index contributed by atoms with van der Waals surface area (Å²) in [5.74, 6) is 0. The second kappa shape index (κ2) is 7.69. The molecule has 2 atom stereocenters. The molecule has 0 radical (unpaired) electrons. The molecule has 2 fully saturated rings. The minimum absolute atomic E-state index is 0.0611. The highest BCUT2D eigenvalue weighted by Gasteiger charge is 2.30. The highest BCUT2D eigenvalue weighted by molar-refractivity contribution is 7.79. The highest BCUT2D eigenvalue weighted by Crippen LogP contribution is 2.12. The molecule has 2 saturated heterocycles. The van der Waals surface area contributed by atoms with Crippen LogP contribution in [-0.4, -0.2) is 94.0 Å². The van der Waals surface area contributed by atoms with Crippen LogP contribution in [0.5, 0.6) is 0 Å². The summed E-state index contributed by atoms with van der Waals surface area (Å²) < 4.78 is 31.8. The molecule has 120 valence electrons. The van der Waals surface area contributed by atoms with Gasteiger partial charge in [-0.15, -0.1) is 0 Å². The number of piperazine rings is 1. The molecule has 2 amide bonds. The van der Waals surface area contributed by atoms with Crippen LogP contribution < -0.4 is 0 Å². The largest absolute Gasteiger partial charge is 0.769 e. The van der Waals surface area contributed by atoms with Gasteiger partial charge < -0.3 is 23.8 Å². The summed E-state index contributed by atoms with van der Waals surface area (Å²) in [7, 11) is 0. The number of carbonyl (C=O) groups is 2. The fourth-order valence-corrected chi connectivity index (χ4v) is 2.97. The number of hydrogen-bond donors (Lipinski definition) is 0. The third kappa shape index (κ3) is 4.13. The average molecular weight is 320 g/mol. The van der Waals surface area contributed by atoms with Gasteiger partial charge >= 0.3 is 6.03 Å². The Balaban J connectivity index is 1.85. The summed E-state index contributed by atoms with van der Waals surface area (Å²) in [6, 6.07) is -0.0611. The molecule has 0 aromatic heterocycles. The summed E-state index contributed by atoms with van der Waals surface area (Å²) >= 11 is -2.53. The van der Waals surface area contributed by atoms with Crippen LogP contribution >= 0.6 is 0 Å². The summed E-state index contributed by atoms with van der Waals surface area (Å²) in [4.78, 5) is 27.5. The molecule has 9 nitrogen and oxygen atoms in total. The first-order valence-electron chi connectivity index (χ1n) is 6.66. The van der Waals surface area contributed by atoms with Gasteiger partial charge in [0.25, 0.3) is 6.47 Å². The standard InChI is InChI=1S/C11H19N3O6S/c15-9-20-11(21(17)18)14-3-1-12(2-4-14)10(16)13-5-7-19-8-6-13/h9,11H,1-8H2,(H,17,18)/p-1/t11-/m1/s1. The van der Waals surface area contributed by atoms with Crippen molar-refractivity contribution in [1.82, 2.24) is 14.7 Å². The summed E-state index contributed by atoms with van der Waals surface area (Å²) in [6.07, 6.45) is 0. The number of nitrogens with zero attached hydrogens (tertiary/aromatic N) is 3. The molecule has 2 aliphatic rings. The van der Waals surface area contributed by atoms with Gasteiger partial charge in [-0.05, 0) is 0 Å². The number of hydrogen-bond acceptors (Lipinski definition) is 7. The lowest BCUT2D eigenvalue weighted by molar-refractivity contribution is -0.137. The lowest BCUT2D eigenvalue weighted by Crippen LogP contribution is -2.57. The van der Waals surface area contributed by atoms with Crippen molar-refractivity contribution >= 4 is 23.6 Å². The van der Waals surface area contributed by atoms with E-state index in [1.807, 2.05) is 0 Å². The Morgan fingerprint density at radius 3 is 2.24 bits per heavy atom. The zero-order valence-electron chi connectivity index (χ0n) is 11.5. The lowest BCUT2D eigenvalue weighted by Gasteiger charge is -2.40. The number of carbonyl (C=O) groups excluding carboxylic acids is 2. The van der Waals surface area contributed by atoms with Crippen LogP contribution in [0, 0.1) is 0 Å². The van der Waals surface area contributed by atoms with Gasteiger partial charge in [-0.2, -0.15) is 0 Å². The van der Waals surface area contributed by atoms with E-state index in [1.165, 1.54) is 4.90 Å². The predicted octanol–water partition coefficient (Wildman–Crippen LogP) is -1.61. The molecule has 0 bridgehead atoms. The van der Waals surface area contributed by atoms with Crippen LogP contribution in [0.15, 0.2) is 0 Å². The van der Waals surface area contributed by atoms with Crippen molar-refractivity contribution in [2.75, 3.05) is 52.5 Å². The van der Waals surface area contributed by atoms with Crippen LogP contribution in [0.1, 0.15) is 0 Å². The summed E-state index contributed by atoms with van der Waals surface area (Å²) in [6.45, 7) is 3.79. The van der Waals surface area contributed by atoms with Crippen LogP contribution in [0.4, 0.5) is 4.79 Å². The topological polar surface area (TPSA) is 102 Å². The molecule has 2 heterocycles. The van der Waals surface area contributed by atoms with E-state index in [-0.39, 0.29) is 12.5 Å². The Morgan fingerprint density at radius 1 is 1.14 bits per heavy atom. The van der Waals surface area contributed by atoms with Crippen molar-refractivity contribution < 1.29 is 27.8 Å². The SMILES string of the molecule is O=CO[C@@H](N1CCN(C(=O)N2CCOCC2)CC1)S(=O)[O-]. The maximum atomic E-state index is 12.3. The first-order valence-corrected chi connectivity index (χ1v) is 7.80. The van der Waals surface area contributed by atoms with E-state index in [2.05, 4.69) is 4.74 Å². The Morgan fingerprint density at radius 2 is 1.71 bits per heavy atom. The molecule has 0 aromatic rings. The quantitative estimate of drug-likeness (QED) is 0.453. The zero-order valence-corrected chi connectivity index (χ0v) is 12.3. The Labute approximate surface area is 125 Å². The molecule has 0 saturated carbocycles. The van der Waals surface area contributed by atoms with E-state index in [1.54, 1.807) is 9.80 Å². The number of amides is 2. The third-order valence-electron chi connectivity index (χ3n) is 3.50.